The Morgan fingerprint density at radius 3 is 2.74 bits per heavy atom. The van der Waals surface area contributed by atoms with Gasteiger partial charge in [0.15, 0.2) is 11.4 Å². The maximum absolute atomic E-state index is 9.03. The second-order valence-corrected chi connectivity index (χ2v) is 4.17. The van der Waals surface area contributed by atoms with Crippen molar-refractivity contribution in [3.05, 3.63) is 46.5 Å². The zero-order valence-electron chi connectivity index (χ0n) is 10.1. The Hall–Kier alpha value is -2.50. The van der Waals surface area contributed by atoms with Gasteiger partial charge in [0.1, 0.15) is 17.9 Å². The van der Waals surface area contributed by atoms with E-state index in [-0.39, 0.29) is 11.4 Å². The predicted molar refractivity (Wildman–Crippen MR) is 68.8 cm³/mol. The quantitative estimate of drug-likeness (QED) is 0.859. The number of rotatable bonds is 3. The third kappa shape index (κ3) is 2.52. The highest BCUT2D eigenvalue weighted by Crippen LogP contribution is 2.25. The minimum absolute atomic E-state index is 0.127. The molecule has 0 saturated heterocycles. The number of halogens is 1. The van der Waals surface area contributed by atoms with Gasteiger partial charge in [-0.05, 0) is 17.7 Å². The second-order valence-electron chi connectivity index (χ2n) is 3.76. The van der Waals surface area contributed by atoms with Gasteiger partial charge >= 0.3 is 0 Å². The fourth-order valence-electron chi connectivity index (χ4n) is 1.71. The molecule has 94 valence electrons. The van der Waals surface area contributed by atoms with Crippen LogP contribution in [0.4, 0.5) is 0 Å². The number of hydrogen-bond acceptors (Lipinski definition) is 4. The number of nitrogens with zero attached hydrogens (tertiary/aromatic N) is 4. The van der Waals surface area contributed by atoms with Crippen molar-refractivity contribution in [1.29, 1.82) is 10.5 Å². The van der Waals surface area contributed by atoms with Crippen molar-refractivity contribution in [2.24, 2.45) is 0 Å². The van der Waals surface area contributed by atoms with Gasteiger partial charge in [0.05, 0.1) is 18.5 Å². The van der Waals surface area contributed by atoms with Gasteiger partial charge in [-0.2, -0.15) is 10.5 Å². The summed E-state index contributed by atoms with van der Waals surface area (Å²) in [6, 6.07) is 9.21. The Balaban J connectivity index is 2.32. The summed E-state index contributed by atoms with van der Waals surface area (Å²) in [5.74, 6) is 0.592. The summed E-state index contributed by atoms with van der Waals surface area (Å²) < 4.78 is 6.68. The SMILES string of the molecule is COc1ccc(Cn2cnc(C#N)c2C#N)cc1Cl. The topological polar surface area (TPSA) is 74.6 Å². The van der Waals surface area contributed by atoms with Crippen LogP contribution in [-0.4, -0.2) is 16.7 Å². The van der Waals surface area contributed by atoms with Gasteiger partial charge in [0.2, 0.25) is 0 Å². The first kappa shape index (κ1) is 12.9. The van der Waals surface area contributed by atoms with Crippen LogP contribution in [0.25, 0.3) is 0 Å². The lowest BCUT2D eigenvalue weighted by Gasteiger charge is -2.07. The number of hydrogen-bond donors (Lipinski definition) is 0. The lowest BCUT2D eigenvalue weighted by molar-refractivity contribution is 0.415. The van der Waals surface area contributed by atoms with Crippen LogP contribution < -0.4 is 4.74 Å². The molecular weight excluding hydrogens is 264 g/mol. The number of methoxy groups -OCH3 is 1. The van der Waals surface area contributed by atoms with Crippen molar-refractivity contribution >= 4 is 11.6 Å². The van der Waals surface area contributed by atoms with Crippen molar-refractivity contribution in [1.82, 2.24) is 9.55 Å². The minimum atomic E-state index is 0.127. The Morgan fingerprint density at radius 2 is 2.16 bits per heavy atom. The molecule has 2 aromatic rings. The fraction of sp³-hybridized carbons (Fsp3) is 0.154. The molecule has 0 aliphatic carbocycles. The van der Waals surface area contributed by atoms with E-state index in [4.69, 9.17) is 26.9 Å². The van der Waals surface area contributed by atoms with E-state index < -0.39 is 0 Å². The van der Waals surface area contributed by atoms with Gasteiger partial charge in [0, 0.05) is 6.54 Å². The number of aromatic nitrogens is 2. The molecule has 6 heteroatoms. The molecule has 0 saturated carbocycles. The van der Waals surface area contributed by atoms with Crippen LogP contribution >= 0.6 is 11.6 Å². The zero-order chi connectivity index (χ0) is 13.8. The highest BCUT2D eigenvalue weighted by atomic mass is 35.5. The van der Waals surface area contributed by atoms with Crippen LogP contribution in [0.15, 0.2) is 24.5 Å². The van der Waals surface area contributed by atoms with Gasteiger partial charge in [-0.15, -0.1) is 0 Å². The smallest absolute Gasteiger partial charge is 0.176 e. The molecule has 1 heterocycles. The molecule has 0 fully saturated rings. The number of benzene rings is 1. The van der Waals surface area contributed by atoms with Crippen LogP contribution in [0.5, 0.6) is 5.75 Å². The molecule has 19 heavy (non-hydrogen) atoms. The third-order valence-corrected chi connectivity index (χ3v) is 2.91. The lowest BCUT2D eigenvalue weighted by Crippen LogP contribution is -2.01. The van der Waals surface area contributed by atoms with Crippen molar-refractivity contribution in [3.63, 3.8) is 0 Å². The molecular formula is C13H9ClN4O. The number of ether oxygens (including phenoxy) is 1. The fourth-order valence-corrected chi connectivity index (χ4v) is 1.99. The molecule has 0 amide bonds. The summed E-state index contributed by atoms with van der Waals surface area (Å²) in [5, 5.41) is 18.4. The van der Waals surface area contributed by atoms with Crippen LogP contribution in [0.1, 0.15) is 17.0 Å². The van der Waals surface area contributed by atoms with E-state index in [2.05, 4.69) is 4.98 Å². The molecule has 0 spiro atoms. The Morgan fingerprint density at radius 1 is 1.37 bits per heavy atom. The van der Waals surface area contributed by atoms with Gasteiger partial charge < -0.3 is 9.30 Å². The Labute approximate surface area is 115 Å². The first-order chi connectivity index (χ1) is 9.19. The summed E-state index contributed by atoms with van der Waals surface area (Å²) in [5.41, 5.74) is 1.26. The van der Waals surface area contributed by atoms with Crippen LogP contribution in [0.2, 0.25) is 5.02 Å². The molecule has 0 unspecified atom stereocenters. The van der Waals surface area contributed by atoms with Crippen LogP contribution in [-0.2, 0) is 6.54 Å². The molecule has 0 aliphatic rings. The largest absolute Gasteiger partial charge is 0.495 e. The van der Waals surface area contributed by atoms with Crippen molar-refractivity contribution < 1.29 is 4.74 Å². The van der Waals surface area contributed by atoms with E-state index in [0.717, 1.165) is 5.56 Å². The first-order valence-corrected chi connectivity index (χ1v) is 5.75. The van der Waals surface area contributed by atoms with Crippen molar-refractivity contribution in [2.75, 3.05) is 7.11 Å². The van der Waals surface area contributed by atoms with Crippen molar-refractivity contribution in [3.8, 4) is 17.9 Å². The average Bonchev–Trinajstić information content (AvgIpc) is 2.81. The summed E-state index contributed by atoms with van der Waals surface area (Å²) >= 11 is 6.03. The molecule has 2 rings (SSSR count). The molecule has 0 atom stereocenters. The summed E-state index contributed by atoms with van der Waals surface area (Å²) in [6.07, 6.45) is 1.47. The molecule has 1 aromatic carbocycles. The van der Waals surface area contributed by atoms with Gasteiger partial charge in [0.25, 0.3) is 0 Å². The van der Waals surface area contributed by atoms with Crippen molar-refractivity contribution in [2.45, 2.75) is 6.54 Å². The number of imidazole rings is 1. The van der Waals surface area contributed by atoms with Crippen LogP contribution in [0.3, 0.4) is 0 Å². The zero-order valence-corrected chi connectivity index (χ0v) is 10.8. The average molecular weight is 273 g/mol. The van der Waals surface area contributed by atoms with E-state index in [1.165, 1.54) is 6.33 Å². The third-order valence-electron chi connectivity index (χ3n) is 2.62. The molecule has 5 nitrogen and oxygen atoms in total. The van der Waals surface area contributed by atoms with E-state index >= 15 is 0 Å². The Kier molecular flexibility index (Phi) is 3.70. The standard InChI is InChI=1S/C13H9ClN4O/c1-19-13-3-2-9(4-10(13)14)7-18-8-17-11(5-15)12(18)6-16/h2-4,8H,7H2,1H3. The van der Waals surface area contributed by atoms with Gasteiger partial charge in [-0.25, -0.2) is 4.98 Å². The maximum Gasteiger partial charge on any atom is 0.176 e. The molecule has 0 bridgehead atoms. The monoisotopic (exact) mass is 272 g/mol. The highest BCUT2D eigenvalue weighted by molar-refractivity contribution is 6.32. The second kappa shape index (κ2) is 5.43. The van der Waals surface area contributed by atoms with E-state index in [0.29, 0.717) is 17.3 Å². The molecule has 0 N–H and O–H groups in total. The normalized spacial score (nSPS) is 9.68. The minimum Gasteiger partial charge on any atom is -0.495 e. The molecule has 0 radical (unpaired) electrons. The first-order valence-electron chi connectivity index (χ1n) is 5.37. The van der Waals surface area contributed by atoms with Gasteiger partial charge in [-0.1, -0.05) is 17.7 Å². The predicted octanol–water partition coefficient (Wildman–Crippen LogP) is 2.34. The van der Waals surface area contributed by atoms with E-state index in [1.54, 1.807) is 23.8 Å². The van der Waals surface area contributed by atoms with Crippen LogP contribution in [0, 0.1) is 22.7 Å². The Bertz CT molecular complexity index is 694. The summed E-state index contributed by atoms with van der Waals surface area (Å²) in [4.78, 5) is 3.88. The molecule has 1 aromatic heterocycles. The van der Waals surface area contributed by atoms with Gasteiger partial charge in [-0.3, -0.25) is 0 Å². The van der Waals surface area contributed by atoms with E-state index in [9.17, 15) is 0 Å². The summed E-state index contributed by atoms with van der Waals surface area (Å²) in [7, 11) is 1.55. The maximum atomic E-state index is 9.03. The van der Waals surface area contributed by atoms with E-state index in [1.807, 2.05) is 18.2 Å². The lowest BCUT2D eigenvalue weighted by atomic mass is 10.2. The number of nitriles is 2. The summed E-state index contributed by atoms with van der Waals surface area (Å²) in [6.45, 7) is 0.418. The highest BCUT2D eigenvalue weighted by Gasteiger charge is 2.10. The molecule has 0 aliphatic heterocycles.